The van der Waals surface area contributed by atoms with Crippen molar-refractivity contribution in [3.05, 3.63) is 59.7 Å². The number of carboxylic acids is 1. The van der Waals surface area contributed by atoms with E-state index < -0.39 is 11.9 Å². The van der Waals surface area contributed by atoms with Crippen LogP contribution in [0.5, 0.6) is 11.5 Å². The summed E-state index contributed by atoms with van der Waals surface area (Å²) in [5, 5.41) is 18.3. The third-order valence-corrected chi connectivity index (χ3v) is 3.35. The van der Waals surface area contributed by atoms with E-state index in [0.29, 0.717) is 24.2 Å². The highest BCUT2D eigenvalue weighted by Gasteiger charge is 2.08. The van der Waals surface area contributed by atoms with Crippen LogP contribution in [0.4, 0.5) is 0 Å². The second-order valence-electron chi connectivity index (χ2n) is 5.14. The van der Waals surface area contributed by atoms with Crippen molar-refractivity contribution >= 4 is 11.9 Å². The molecule has 5 nitrogen and oxygen atoms in total. The van der Waals surface area contributed by atoms with E-state index in [1.807, 2.05) is 0 Å². The molecule has 23 heavy (non-hydrogen) atoms. The van der Waals surface area contributed by atoms with Crippen molar-refractivity contribution in [3.63, 3.8) is 0 Å². The number of hydrogen-bond acceptors (Lipinski definition) is 4. The summed E-state index contributed by atoms with van der Waals surface area (Å²) >= 11 is 0. The number of benzene rings is 2. The van der Waals surface area contributed by atoms with Gasteiger partial charge < -0.3 is 14.9 Å². The highest BCUT2D eigenvalue weighted by Crippen LogP contribution is 2.19. The van der Waals surface area contributed by atoms with Crippen LogP contribution in [0.2, 0.25) is 0 Å². The molecule has 0 spiro atoms. The second kappa shape index (κ2) is 7.98. The molecule has 2 aromatic carbocycles. The van der Waals surface area contributed by atoms with Crippen LogP contribution < -0.4 is 4.74 Å². The monoisotopic (exact) mass is 314 g/mol. The van der Waals surface area contributed by atoms with Crippen LogP contribution >= 0.6 is 0 Å². The Labute approximate surface area is 134 Å². The molecule has 2 aromatic rings. The Morgan fingerprint density at radius 2 is 1.74 bits per heavy atom. The number of esters is 1. The Kier molecular flexibility index (Phi) is 5.74. The maximum absolute atomic E-state index is 11.9. The Balaban J connectivity index is 1.89. The molecule has 0 fully saturated rings. The molecule has 0 aliphatic carbocycles. The van der Waals surface area contributed by atoms with E-state index in [1.54, 1.807) is 48.5 Å². The van der Waals surface area contributed by atoms with Crippen molar-refractivity contribution in [1.82, 2.24) is 0 Å². The number of carbonyl (C=O) groups excluding carboxylic acids is 1. The van der Waals surface area contributed by atoms with Gasteiger partial charge in [0.1, 0.15) is 11.5 Å². The maximum Gasteiger partial charge on any atom is 0.311 e. The van der Waals surface area contributed by atoms with Crippen molar-refractivity contribution < 1.29 is 24.5 Å². The number of rotatable bonds is 7. The van der Waals surface area contributed by atoms with Gasteiger partial charge in [0.15, 0.2) is 0 Å². The molecule has 0 heterocycles. The molecule has 5 heteroatoms. The second-order valence-corrected chi connectivity index (χ2v) is 5.14. The molecule has 2 rings (SSSR count). The lowest BCUT2D eigenvalue weighted by atomic mass is 10.1. The highest BCUT2D eigenvalue weighted by molar-refractivity contribution is 5.73. The lowest BCUT2D eigenvalue weighted by molar-refractivity contribution is -0.137. The number of aryl methyl sites for hydroxylation is 2. The van der Waals surface area contributed by atoms with Crippen LogP contribution in [-0.4, -0.2) is 22.2 Å². The molecule has 0 aliphatic heterocycles. The number of ether oxygens (including phenoxy) is 1. The van der Waals surface area contributed by atoms with Gasteiger partial charge in [-0.25, -0.2) is 0 Å². The van der Waals surface area contributed by atoms with Crippen molar-refractivity contribution in [1.29, 1.82) is 0 Å². The van der Waals surface area contributed by atoms with E-state index in [0.717, 1.165) is 5.56 Å². The van der Waals surface area contributed by atoms with Gasteiger partial charge in [0, 0.05) is 6.42 Å². The third kappa shape index (κ3) is 5.47. The quantitative estimate of drug-likeness (QED) is 0.606. The average Bonchev–Trinajstić information content (AvgIpc) is 2.52. The Hall–Kier alpha value is -2.82. The van der Waals surface area contributed by atoms with Gasteiger partial charge in [-0.2, -0.15) is 0 Å². The Morgan fingerprint density at radius 3 is 2.48 bits per heavy atom. The van der Waals surface area contributed by atoms with Crippen LogP contribution in [0.3, 0.4) is 0 Å². The first kappa shape index (κ1) is 16.5. The van der Waals surface area contributed by atoms with Gasteiger partial charge in [-0.15, -0.1) is 0 Å². The summed E-state index contributed by atoms with van der Waals surface area (Å²) < 4.78 is 5.26. The van der Waals surface area contributed by atoms with Crippen molar-refractivity contribution in [2.75, 3.05) is 0 Å². The van der Waals surface area contributed by atoms with E-state index >= 15 is 0 Å². The van der Waals surface area contributed by atoms with Gasteiger partial charge >= 0.3 is 11.9 Å². The number of carbonyl (C=O) groups is 2. The Bertz CT molecular complexity index is 693. The lowest BCUT2D eigenvalue weighted by Crippen LogP contribution is -2.09. The van der Waals surface area contributed by atoms with Crippen LogP contribution in [0.15, 0.2) is 48.5 Å². The highest BCUT2D eigenvalue weighted by atomic mass is 16.5. The first-order valence-corrected chi connectivity index (χ1v) is 7.33. The van der Waals surface area contributed by atoms with E-state index in [2.05, 4.69) is 0 Å². The van der Waals surface area contributed by atoms with E-state index in [9.17, 15) is 14.7 Å². The third-order valence-electron chi connectivity index (χ3n) is 3.35. The van der Waals surface area contributed by atoms with Crippen LogP contribution in [-0.2, 0) is 22.4 Å². The molecule has 0 aliphatic rings. The first-order chi connectivity index (χ1) is 11.0. The molecule has 0 unspecified atom stereocenters. The number of phenolic OH excluding ortho intramolecular Hbond substituents is 1. The summed E-state index contributed by atoms with van der Waals surface area (Å²) in [7, 11) is 0. The van der Waals surface area contributed by atoms with Gasteiger partial charge in [0.2, 0.25) is 0 Å². The molecule has 2 N–H and O–H groups in total. The van der Waals surface area contributed by atoms with E-state index in [1.165, 1.54) is 0 Å². The van der Waals surface area contributed by atoms with Gasteiger partial charge in [-0.3, -0.25) is 9.59 Å². The summed E-state index contributed by atoms with van der Waals surface area (Å²) in [6.07, 6.45) is 0.963. The van der Waals surface area contributed by atoms with Crippen molar-refractivity contribution in [2.24, 2.45) is 0 Å². The molecule has 120 valence electrons. The molecular weight excluding hydrogens is 296 g/mol. The zero-order chi connectivity index (χ0) is 16.7. The predicted molar refractivity (Wildman–Crippen MR) is 84.5 cm³/mol. The molecule has 0 saturated heterocycles. The van der Waals surface area contributed by atoms with Crippen LogP contribution in [0.25, 0.3) is 0 Å². The van der Waals surface area contributed by atoms with Crippen molar-refractivity contribution in [3.8, 4) is 11.5 Å². The van der Waals surface area contributed by atoms with Gasteiger partial charge in [-0.05, 0) is 42.2 Å². The SMILES string of the molecule is O=C(O)CCc1cccc(OC(=O)CCc2ccccc2O)c1. The molecular formula is C18H18O5. The minimum Gasteiger partial charge on any atom is -0.508 e. The van der Waals surface area contributed by atoms with Crippen molar-refractivity contribution in [2.45, 2.75) is 25.7 Å². The van der Waals surface area contributed by atoms with Gasteiger partial charge in [0.25, 0.3) is 0 Å². The summed E-state index contributed by atoms with van der Waals surface area (Å²) in [5.41, 5.74) is 1.50. The topological polar surface area (TPSA) is 83.8 Å². The maximum atomic E-state index is 11.9. The van der Waals surface area contributed by atoms with E-state index in [-0.39, 0.29) is 18.6 Å². The zero-order valence-electron chi connectivity index (χ0n) is 12.6. The summed E-state index contributed by atoms with van der Waals surface area (Å²) in [5.74, 6) is -0.704. The first-order valence-electron chi connectivity index (χ1n) is 7.33. The average molecular weight is 314 g/mol. The fraction of sp³-hybridized carbons (Fsp3) is 0.222. The van der Waals surface area contributed by atoms with Gasteiger partial charge in [0.05, 0.1) is 6.42 Å². The zero-order valence-corrected chi connectivity index (χ0v) is 12.6. The number of aromatic hydroxyl groups is 1. The minimum absolute atomic E-state index is 0.0324. The van der Waals surface area contributed by atoms with Crippen LogP contribution in [0.1, 0.15) is 24.0 Å². The summed E-state index contributed by atoms with van der Waals surface area (Å²) in [6.45, 7) is 0. The predicted octanol–water partition coefficient (Wildman–Crippen LogP) is 2.95. The normalized spacial score (nSPS) is 10.3. The minimum atomic E-state index is -0.866. The molecule has 0 aromatic heterocycles. The summed E-state index contributed by atoms with van der Waals surface area (Å²) in [6, 6.07) is 13.7. The number of phenols is 1. The largest absolute Gasteiger partial charge is 0.508 e. The Morgan fingerprint density at radius 1 is 0.957 bits per heavy atom. The number of hydrogen-bond donors (Lipinski definition) is 2. The molecule has 0 amide bonds. The fourth-order valence-corrected chi connectivity index (χ4v) is 2.16. The summed E-state index contributed by atoms with van der Waals surface area (Å²) in [4.78, 5) is 22.5. The number of carboxylic acid groups (broad SMARTS) is 1. The van der Waals surface area contributed by atoms with E-state index in [4.69, 9.17) is 9.84 Å². The number of aliphatic carboxylic acids is 1. The lowest BCUT2D eigenvalue weighted by Gasteiger charge is -2.07. The number of para-hydroxylation sites is 1. The molecule has 0 atom stereocenters. The molecule has 0 radical (unpaired) electrons. The van der Waals surface area contributed by atoms with Crippen LogP contribution in [0, 0.1) is 0 Å². The fourth-order valence-electron chi connectivity index (χ4n) is 2.16. The molecule has 0 bridgehead atoms. The smallest absolute Gasteiger partial charge is 0.311 e. The molecule has 0 saturated carbocycles. The van der Waals surface area contributed by atoms with Gasteiger partial charge in [-0.1, -0.05) is 30.3 Å². The standard InChI is InChI=1S/C18H18O5/c19-16-7-2-1-5-14(16)9-11-18(22)23-15-6-3-4-13(12-15)8-10-17(20)21/h1-7,12,19H,8-11H2,(H,20,21).